The van der Waals surface area contributed by atoms with E-state index in [2.05, 4.69) is 42.2 Å². The predicted molar refractivity (Wildman–Crippen MR) is 299 cm³/mol. The van der Waals surface area contributed by atoms with Crippen molar-refractivity contribution in [2.45, 2.75) is 151 Å². The molecule has 3 fully saturated rings. The second-order valence-electron chi connectivity index (χ2n) is 20.3. The first kappa shape index (κ1) is 62.7. The molecular weight excluding hydrogens is 1060 g/mol. The average Bonchev–Trinajstić information content (AvgIpc) is 3.91. The zero-order valence-electron chi connectivity index (χ0n) is 45.1. The molecule has 432 valence electrons. The van der Waals surface area contributed by atoms with Crippen molar-refractivity contribution in [3.05, 3.63) is 65.7 Å². The number of primary amides is 2. The van der Waals surface area contributed by atoms with E-state index in [0.29, 0.717) is 42.7 Å². The van der Waals surface area contributed by atoms with Crippen LogP contribution in [0.4, 0.5) is 0 Å². The number of ether oxygens (including phenoxy) is 1. The van der Waals surface area contributed by atoms with Gasteiger partial charge in [-0.25, -0.2) is 0 Å². The molecule has 1 saturated carbocycles. The van der Waals surface area contributed by atoms with Crippen LogP contribution in [-0.2, 0) is 60.8 Å². The molecule has 2 aliphatic heterocycles. The summed E-state index contributed by atoms with van der Waals surface area (Å²) in [7, 11) is 2.59. The molecule has 15 N–H and O–H groups in total. The van der Waals surface area contributed by atoms with Crippen molar-refractivity contribution in [2.75, 3.05) is 32.0 Å². The molecule has 2 aromatic carbocycles. The molecular formula is C53H77N13O11S2. The molecule has 79 heavy (non-hydrogen) atoms. The van der Waals surface area contributed by atoms with Crippen LogP contribution in [0.3, 0.4) is 0 Å². The smallest absolute Gasteiger partial charge is 0.246 e. The van der Waals surface area contributed by atoms with Gasteiger partial charge in [-0.3, -0.25) is 52.9 Å². The molecule has 7 atom stereocenters. The molecule has 2 aromatic rings. The van der Waals surface area contributed by atoms with E-state index in [4.69, 9.17) is 27.7 Å². The number of guanidine groups is 1. The molecule has 2 heterocycles. The third kappa shape index (κ3) is 20.0. The van der Waals surface area contributed by atoms with Crippen LogP contribution in [0.25, 0.3) is 0 Å². The van der Waals surface area contributed by atoms with Gasteiger partial charge in [0.1, 0.15) is 48.0 Å². The standard InChI is InChI=1S/C53H77N13O11S2/c1-4-77-34-19-17-33(18-20-34)26-36-46(71)62-37(25-32-13-7-5-8-14-32)48(73)65-44(31(2)3)50(75)63-38(27-41(54)67)47(72)64-39(30-78-79-53(28-43(69)60-36)21-9-6-10-22-53)51(76)66-24-12-16-40(66)49(74)61-35(15-11-23-58-52(56)57)45(70)59-29-42(55)68/h5,7-8,13-14,17-20,31,35-40,44H,4,6,9-12,15-16,21-30H2,1-3H3,(H2,54,67)(H2,55,68)(H,59,70)(H,60,69)(H,61,74)(H,62,71)(H,63,75)(H,64,72)(H,65,73)(H4,56,57,58)/t35-,36-,37-,38-,39-,40-,44-/m0/s1. The Labute approximate surface area is 468 Å². The number of carbonyl (C=O) groups excluding carboxylic acids is 10. The molecule has 0 unspecified atom stereocenters. The Morgan fingerprint density at radius 2 is 1.41 bits per heavy atom. The molecule has 5 rings (SSSR count). The number of aliphatic imine (C=N–C) groups is 1. The summed E-state index contributed by atoms with van der Waals surface area (Å²) in [4.78, 5) is 144. The quantitative estimate of drug-likeness (QED) is 0.0364. The molecule has 1 spiro atoms. The van der Waals surface area contributed by atoms with Crippen molar-refractivity contribution < 1.29 is 52.7 Å². The molecule has 0 radical (unpaired) electrons. The van der Waals surface area contributed by atoms with Crippen molar-refractivity contribution in [1.82, 2.24) is 42.1 Å². The van der Waals surface area contributed by atoms with E-state index in [-0.39, 0.29) is 63.3 Å². The number of rotatable bonds is 19. The van der Waals surface area contributed by atoms with Gasteiger partial charge in [0.05, 0.1) is 19.6 Å². The lowest BCUT2D eigenvalue weighted by atomic mass is 9.85. The molecule has 10 amide bonds. The van der Waals surface area contributed by atoms with Gasteiger partial charge in [-0.05, 0) is 74.6 Å². The predicted octanol–water partition coefficient (Wildman–Crippen LogP) is -0.555. The highest BCUT2D eigenvalue weighted by Gasteiger charge is 2.42. The number of benzene rings is 2. The van der Waals surface area contributed by atoms with Gasteiger partial charge in [-0.1, -0.05) is 97.2 Å². The van der Waals surface area contributed by atoms with Gasteiger partial charge in [0.2, 0.25) is 59.1 Å². The van der Waals surface area contributed by atoms with Gasteiger partial charge in [0, 0.05) is 42.9 Å². The molecule has 0 bridgehead atoms. The number of hydrogen-bond donors (Lipinski definition) is 11. The summed E-state index contributed by atoms with van der Waals surface area (Å²) in [6, 6.07) is 6.83. The van der Waals surface area contributed by atoms with Crippen LogP contribution in [-0.4, -0.2) is 149 Å². The Hall–Kier alpha value is -7.09. The van der Waals surface area contributed by atoms with Crippen LogP contribution >= 0.6 is 21.6 Å². The third-order valence-electron chi connectivity index (χ3n) is 13.7. The average molecular weight is 1140 g/mol. The fourth-order valence-corrected chi connectivity index (χ4v) is 13.0. The number of amides is 10. The first-order valence-corrected chi connectivity index (χ1v) is 29.1. The van der Waals surface area contributed by atoms with Crippen molar-refractivity contribution >= 4 is 86.6 Å². The Bertz CT molecular complexity index is 2490. The molecule has 3 aliphatic rings. The zero-order chi connectivity index (χ0) is 57.6. The minimum atomic E-state index is -1.66. The van der Waals surface area contributed by atoms with Gasteiger partial charge in [-0.2, -0.15) is 0 Å². The highest BCUT2D eigenvalue weighted by atomic mass is 33.1. The molecule has 24 nitrogen and oxygen atoms in total. The summed E-state index contributed by atoms with van der Waals surface area (Å²) in [5.41, 5.74) is 23.2. The Morgan fingerprint density at radius 1 is 0.772 bits per heavy atom. The second-order valence-corrected chi connectivity index (χ2v) is 23.2. The Balaban J connectivity index is 1.52. The molecule has 26 heteroatoms. The number of likely N-dealkylation sites (tertiary alicyclic amines) is 1. The van der Waals surface area contributed by atoms with Gasteiger partial charge in [-0.15, -0.1) is 0 Å². The van der Waals surface area contributed by atoms with E-state index >= 15 is 0 Å². The van der Waals surface area contributed by atoms with E-state index in [1.165, 1.54) is 26.5 Å². The number of hydrogen-bond acceptors (Lipinski definition) is 14. The van der Waals surface area contributed by atoms with Gasteiger partial charge in [0.15, 0.2) is 5.96 Å². The lowest BCUT2D eigenvalue weighted by Crippen LogP contribution is -2.61. The molecule has 1 aliphatic carbocycles. The van der Waals surface area contributed by atoms with Crippen LogP contribution in [0.2, 0.25) is 0 Å². The number of carbonyl (C=O) groups is 10. The summed E-state index contributed by atoms with van der Waals surface area (Å²) in [5.74, 6) is -7.88. The topological polar surface area (TPSA) is 384 Å². The highest BCUT2D eigenvalue weighted by molar-refractivity contribution is 8.77. The minimum Gasteiger partial charge on any atom is -0.494 e. The van der Waals surface area contributed by atoms with Crippen LogP contribution in [0.1, 0.15) is 103 Å². The van der Waals surface area contributed by atoms with Crippen molar-refractivity contribution in [3.63, 3.8) is 0 Å². The van der Waals surface area contributed by atoms with Gasteiger partial charge >= 0.3 is 0 Å². The van der Waals surface area contributed by atoms with E-state index in [9.17, 15) is 47.9 Å². The van der Waals surface area contributed by atoms with Crippen LogP contribution in [0, 0.1) is 5.92 Å². The Kier molecular flexibility index (Phi) is 24.5. The van der Waals surface area contributed by atoms with Crippen molar-refractivity contribution in [2.24, 2.45) is 33.8 Å². The molecule has 2 saturated heterocycles. The highest BCUT2D eigenvalue weighted by Crippen LogP contribution is 2.48. The fourth-order valence-electron chi connectivity index (χ4n) is 9.66. The number of nitrogens with zero attached hydrogens (tertiary/aromatic N) is 2. The number of nitrogens with two attached hydrogens (primary N) is 4. The zero-order valence-corrected chi connectivity index (χ0v) is 46.7. The SMILES string of the molecule is CCOc1ccc(C[C@@H]2NC(=O)CC3(CCCCC3)SSC[C@@H](C(=O)N3CCC[C@H]3C(=O)N[C@@H](CCCN=C(N)N)C(=O)NCC(N)=O)NC(=O)[C@H](CC(N)=O)NC(=O)[C@H](C(C)C)NC(=O)[C@H](Cc3ccccc3)NC2=O)cc1. The lowest BCUT2D eigenvalue weighted by Gasteiger charge is -2.37. The first-order chi connectivity index (χ1) is 37.7. The first-order valence-electron chi connectivity index (χ1n) is 26.7. The summed E-state index contributed by atoms with van der Waals surface area (Å²) in [6.45, 7) is 5.28. The minimum absolute atomic E-state index is 0.0131. The maximum atomic E-state index is 15.0. The summed E-state index contributed by atoms with van der Waals surface area (Å²) in [6.07, 6.45) is 3.75. The van der Waals surface area contributed by atoms with E-state index in [1.807, 2.05) is 6.92 Å². The largest absolute Gasteiger partial charge is 0.494 e. The third-order valence-corrected chi connectivity index (χ3v) is 17.0. The maximum absolute atomic E-state index is 15.0. The Morgan fingerprint density at radius 3 is 2.04 bits per heavy atom. The van der Waals surface area contributed by atoms with Gasteiger partial charge in [0.25, 0.3) is 0 Å². The summed E-state index contributed by atoms with van der Waals surface area (Å²) < 4.78 is 4.92. The lowest BCUT2D eigenvalue weighted by molar-refractivity contribution is -0.142. The normalized spacial score (nSPS) is 22.9. The van der Waals surface area contributed by atoms with Crippen LogP contribution < -0.4 is 64.9 Å². The number of nitrogens with one attached hydrogen (secondary N) is 7. The maximum Gasteiger partial charge on any atom is 0.246 e. The van der Waals surface area contributed by atoms with E-state index in [1.54, 1.807) is 68.4 Å². The molecule has 0 aromatic heterocycles. The second kappa shape index (κ2) is 30.9. The van der Waals surface area contributed by atoms with Gasteiger partial charge < -0.3 is 69.8 Å². The summed E-state index contributed by atoms with van der Waals surface area (Å²) >= 11 is 0. The monoisotopic (exact) mass is 1140 g/mol. The van der Waals surface area contributed by atoms with E-state index < -0.39 is 125 Å². The van der Waals surface area contributed by atoms with Crippen LogP contribution in [0.15, 0.2) is 59.6 Å². The van der Waals surface area contributed by atoms with E-state index in [0.717, 1.165) is 19.3 Å². The van der Waals surface area contributed by atoms with Crippen molar-refractivity contribution in [1.29, 1.82) is 0 Å². The summed E-state index contributed by atoms with van der Waals surface area (Å²) in [5, 5.41) is 19.0. The fraction of sp³-hybridized carbons (Fsp3) is 0.566. The van der Waals surface area contributed by atoms with Crippen molar-refractivity contribution in [3.8, 4) is 5.75 Å². The van der Waals surface area contributed by atoms with Crippen LogP contribution in [0.5, 0.6) is 5.75 Å².